The van der Waals surface area contributed by atoms with Crippen LogP contribution in [0.15, 0.2) is 16.9 Å². The van der Waals surface area contributed by atoms with Gasteiger partial charge in [-0.05, 0) is 19.8 Å². The van der Waals surface area contributed by atoms with Gasteiger partial charge < -0.3 is 10.3 Å². The third kappa shape index (κ3) is 1.95. The first-order chi connectivity index (χ1) is 8.28. The van der Waals surface area contributed by atoms with E-state index >= 15 is 0 Å². The van der Waals surface area contributed by atoms with Gasteiger partial charge in [-0.15, -0.1) is 0 Å². The Morgan fingerprint density at radius 1 is 1.59 bits per heavy atom. The molecule has 90 valence electrons. The maximum Gasteiger partial charge on any atom is 0.229 e. The first-order valence-electron chi connectivity index (χ1n) is 5.89. The molecule has 1 fully saturated rings. The molecule has 1 unspecified atom stereocenters. The number of nitrogens with zero attached hydrogens (tertiary/aromatic N) is 4. The summed E-state index contributed by atoms with van der Waals surface area (Å²) in [6.45, 7) is 2.86. The van der Waals surface area contributed by atoms with Crippen molar-refractivity contribution in [1.29, 1.82) is 0 Å². The number of hydrogen-bond acceptors (Lipinski definition) is 5. The van der Waals surface area contributed by atoms with Crippen LogP contribution in [0.2, 0.25) is 0 Å². The van der Waals surface area contributed by atoms with E-state index in [2.05, 4.69) is 15.2 Å². The quantitative estimate of drug-likeness (QED) is 0.858. The van der Waals surface area contributed by atoms with Gasteiger partial charge in [0.1, 0.15) is 0 Å². The highest BCUT2D eigenvalue weighted by Crippen LogP contribution is 2.39. The van der Waals surface area contributed by atoms with Crippen molar-refractivity contribution in [2.24, 2.45) is 5.73 Å². The van der Waals surface area contributed by atoms with Crippen LogP contribution in [0, 0.1) is 0 Å². The SMILES string of the molecule is CCn1cc(C(N)c2noc(C3CC3)n2)cn1. The Morgan fingerprint density at radius 3 is 3.06 bits per heavy atom. The molecule has 1 saturated carbocycles. The lowest BCUT2D eigenvalue weighted by molar-refractivity contribution is 0.372. The number of rotatable bonds is 4. The molecule has 0 spiro atoms. The molecule has 0 amide bonds. The van der Waals surface area contributed by atoms with Crippen LogP contribution >= 0.6 is 0 Å². The highest BCUT2D eigenvalue weighted by Gasteiger charge is 2.30. The molecule has 2 heterocycles. The highest BCUT2D eigenvalue weighted by molar-refractivity contribution is 5.18. The van der Waals surface area contributed by atoms with Gasteiger partial charge in [-0.25, -0.2) is 0 Å². The molecule has 2 N–H and O–H groups in total. The van der Waals surface area contributed by atoms with Crippen LogP contribution in [0.5, 0.6) is 0 Å². The predicted molar refractivity (Wildman–Crippen MR) is 60.2 cm³/mol. The molecule has 1 aliphatic rings. The molecule has 0 aromatic carbocycles. The van der Waals surface area contributed by atoms with Crippen LogP contribution < -0.4 is 5.73 Å². The number of aromatic nitrogens is 4. The van der Waals surface area contributed by atoms with Gasteiger partial charge in [0.05, 0.1) is 12.2 Å². The van der Waals surface area contributed by atoms with Crippen molar-refractivity contribution in [2.75, 3.05) is 0 Å². The standard InChI is InChI=1S/C11H15N5O/c1-2-16-6-8(5-13-16)9(12)10-14-11(17-15-10)7-3-4-7/h5-7,9H,2-4,12H2,1H3. The summed E-state index contributed by atoms with van der Waals surface area (Å²) in [7, 11) is 0. The average molecular weight is 233 g/mol. The first kappa shape index (κ1) is 10.5. The molecule has 0 radical (unpaired) electrons. The second-order valence-electron chi connectivity index (χ2n) is 4.37. The average Bonchev–Trinajstić information content (AvgIpc) is 2.93. The minimum atomic E-state index is -0.355. The van der Waals surface area contributed by atoms with E-state index in [-0.39, 0.29) is 6.04 Å². The van der Waals surface area contributed by atoms with Crippen LogP contribution in [0.25, 0.3) is 0 Å². The van der Waals surface area contributed by atoms with Crippen LogP contribution in [0.3, 0.4) is 0 Å². The van der Waals surface area contributed by atoms with Crippen molar-refractivity contribution in [2.45, 2.75) is 38.3 Å². The molecule has 1 aliphatic carbocycles. The Balaban J connectivity index is 1.81. The second-order valence-corrected chi connectivity index (χ2v) is 4.37. The summed E-state index contributed by atoms with van der Waals surface area (Å²) in [5, 5.41) is 8.13. The Kier molecular flexibility index (Phi) is 2.44. The zero-order valence-corrected chi connectivity index (χ0v) is 9.71. The summed E-state index contributed by atoms with van der Waals surface area (Å²) in [4.78, 5) is 4.34. The molecule has 2 aromatic heterocycles. The summed E-state index contributed by atoms with van der Waals surface area (Å²) >= 11 is 0. The first-order valence-corrected chi connectivity index (χ1v) is 5.89. The van der Waals surface area contributed by atoms with Crippen molar-refractivity contribution in [3.8, 4) is 0 Å². The zero-order chi connectivity index (χ0) is 11.8. The number of hydrogen-bond donors (Lipinski definition) is 1. The van der Waals surface area contributed by atoms with E-state index in [0.717, 1.165) is 30.8 Å². The maximum absolute atomic E-state index is 6.08. The van der Waals surface area contributed by atoms with E-state index in [1.807, 2.05) is 17.8 Å². The molecule has 1 atom stereocenters. The summed E-state index contributed by atoms with van der Waals surface area (Å²) < 4.78 is 7.03. The van der Waals surface area contributed by atoms with Crippen molar-refractivity contribution in [3.05, 3.63) is 29.7 Å². The van der Waals surface area contributed by atoms with Gasteiger partial charge in [-0.2, -0.15) is 10.1 Å². The minimum Gasteiger partial charge on any atom is -0.339 e. The molecule has 0 saturated heterocycles. The van der Waals surface area contributed by atoms with E-state index in [1.54, 1.807) is 6.20 Å². The van der Waals surface area contributed by atoms with Gasteiger partial charge in [0, 0.05) is 24.2 Å². The minimum absolute atomic E-state index is 0.355. The third-order valence-electron chi connectivity index (χ3n) is 3.00. The van der Waals surface area contributed by atoms with E-state index in [0.29, 0.717) is 11.7 Å². The molecule has 2 aromatic rings. The molecule has 6 nitrogen and oxygen atoms in total. The van der Waals surface area contributed by atoms with E-state index < -0.39 is 0 Å². The van der Waals surface area contributed by atoms with Gasteiger partial charge in [-0.3, -0.25) is 4.68 Å². The maximum atomic E-state index is 6.08. The smallest absolute Gasteiger partial charge is 0.229 e. The molecule has 17 heavy (non-hydrogen) atoms. The molecule has 6 heteroatoms. The van der Waals surface area contributed by atoms with Crippen molar-refractivity contribution in [3.63, 3.8) is 0 Å². The molecule has 0 aliphatic heterocycles. The van der Waals surface area contributed by atoms with Crippen LogP contribution in [-0.2, 0) is 6.54 Å². The normalized spacial score (nSPS) is 17.3. The summed E-state index contributed by atoms with van der Waals surface area (Å²) in [6.07, 6.45) is 5.95. The Hall–Kier alpha value is -1.69. The lowest BCUT2D eigenvalue weighted by Crippen LogP contribution is -2.13. The topological polar surface area (TPSA) is 82.8 Å². The lowest BCUT2D eigenvalue weighted by Gasteiger charge is -2.02. The van der Waals surface area contributed by atoms with Gasteiger partial charge in [0.15, 0.2) is 5.82 Å². The molecule has 3 rings (SSSR count). The third-order valence-corrected chi connectivity index (χ3v) is 3.00. The number of nitrogens with two attached hydrogens (primary N) is 1. The van der Waals surface area contributed by atoms with E-state index in [9.17, 15) is 0 Å². The molecular formula is C11H15N5O. The van der Waals surface area contributed by atoms with Crippen molar-refractivity contribution in [1.82, 2.24) is 19.9 Å². The fourth-order valence-electron chi connectivity index (χ4n) is 1.73. The number of aryl methyl sites for hydroxylation is 1. The summed E-state index contributed by atoms with van der Waals surface area (Å²) in [5.74, 6) is 1.72. The van der Waals surface area contributed by atoms with Crippen LogP contribution in [0.1, 0.15) is 49.0 Å². The molecule has 0 bridgehead atoms. The largest absolute Gasteiger partial charge is 0.339 e. The van der Waals surface area contributed by atoms with Crippen molar-refractivity contribution < 1.29 is 4.52 Å². The Labute approximate surface area is 98.8 Å². The Bertz CT molecular complexity index is 513. The second kappa shape index (κ2) is 3.96. The molecular weight excluding hydrogens is 218 g/mol. The van der Waals surface area contributed by atoms with Crippen LogP contribution in [0.4, 0.5) is 0 Å². The van der Waals surface area contributed by atoms with Gasteiger partial charge in [0.2, 0.25) is 5.89 Å². The van der Waals surface area contributed by atoms with Gasteiger partial charge in [-0.1, -0.05) is 5.16 Å². The summed E-state index contributed by atoms with van der Waals surface area (Å²) in [6, 6.07) is -0.355. The van der Waals surface area contributed by atoms with E-state index in [4.69, 9.17) is 10.3 Å². The van der Waals surface area contributed by atoms with Crippen molar-refractivity contribution >= 4 is 0 Å². The monoisotopic (exact) mass is 233 g/mol. The lowest BCUT2D eigenvalue weighted by atomic mass is 10.2. The van der Waals surface area contributed by atoms with E-state index in [1.165, 1.54) is 0 Å². The van der Waals surface area contributed by atoms with Gasteiger partial charge in [0.25, 0.3) is 0 Å². The zero-order valence-electron chi connectivity index (χ0n) is 9.71. The highest BCUT2D eigenvalue weighted by atomic mass is 16.5. The fraction of sp³-hybridized carbons (Fsp3) is 0.545. The summed E-state index contributed by atoms with van der Waals surface area (Å²) in [5.41, 5.74) is 6.99. The van der Waals surface area contributed by atoms with Crippen LogP contribution in [-0.4, -0.2) is 19.9 Å². The van der Waals surface area contributed by atoms with Gasteiger partial charge >= 0.3 is 0 Å². The predicted octanol–water partition coefficient (Wildman–Crippen LogP) is 1.21. The Morgan fingerprint density at radius 2 is 2.41 bits per heavy atom. The fourth-order valence-corrected chi connectivity index (χ4v) is 1.73.